The molecule has 3 rings (SSSR count). The number of amides is 1. The molecule has 1 unspecified atom stereocenters. The van der Waals surface area contributed by atoms with Crippen LogP contribution in [0.1, 0.15) is 15.9 Å². The van der Waals surface area contributed by atoms with Gasteiger partial charge in [-0.2, -0.15) is 13.2 Å². The van der Waals surface area contributed by atoms with E-state index >= 15 is 0 Å². The summed E-state index contributed by atoms with van der Waals surface area (Å²) < 4.78 is 43.5. The first-order valence-electron chi connectivity index (χ1n) is 9.17. The van der Waals surface area contributed by atoms with Gasteiger partial charge in [0, 0.05) is 37.4 Å². The van der Waals surface area contributed by atoms with Crippen molar-refractivity contribution >= 4 is 17.6 Å². The van der Waals surface area contributed by atoms with Crippen molar-refractivity contribution in [3.05, 3.63) is 59.7 Å². The summed E-state index contributed by atoms with van der Waals surface area (Å²) in [7, 11) is 0. The molecule has 2 aromatic rings. The maximum Gasteiger partial charge on any atom is 0.416 e. The summed E-state index contributed by atoms with van der Waals surface area (Å²) in [5, 5.41) is 14.7. The highest BCUT2D eigenvalue weighted by Crippen LogP contribution is 2.31. The second-order valence-electron chi connectivity index (χ2n) is 6.62. The third-order valence-corrected chi connectivity index (χ3v) is 4.51. The number of rotatable bonds is 6. The number of carbonyl (C=O) groups is 2. The number of ether oxygens (including phenoxy) is 1. The Hall–Kier alpha value is -3.27. The van der Waals surface area contributed by atoms with Crippen LogP contribution in [0, 0.1) is 0 Å². The topological polar surface area (TPSA) is 90.9 Å². The standard InChI is InChI=1S/C20H20F3N3O4/c21-20(22,23)14-2-1-3-16(12-14)30-18(19(28)29)25-17(27)13-4-6-15(7-5-13)26-10-8-24-9-11-26/h1-7,12,18,24H,8-11H2,(H,25,27)(H,28,29). The van der Waals surface area contributed by atoms with E-state index in [1.807, 2.05) is 0 Å². The van der Waals surface area contributed by atoms with Gasteiger partial charge in [0.25, 0.3) is 12.1 Å². The van der Waals surface area contributed by atoms with Crippen LogP contribution in [0.15, 0.2) is 48.5 Å². The Bertz CT molecular complexity index is 897. The molecule has 0 spiro atoms. The molecule has 0 bridgehead atoms. The van der Waals surface area contributed by atoms with E-state index < -0.39 is 29.8 Å². The van der Waals surface area contributed by atoms with Crippen molar-refractivity contribution in [1.29, 1.82) is 0 Å². The first kappa shape index (κ1) is 21.4. The van der Waals surface area contributed by atoms with Crippen molar-refractivity contribution in [2.75, 3.05) is 31.1 Å². The lowest BCUT2D eigenvalue weighted by atomic mass is 10.1. The molecule has 1 fully saturated rings. The number of benzene rings is 2. The fraction of sp³-hybridized carbons (Fsp3) is 0.300. The van der Waals surface area contributed by atoms with E-state index in [-0.39, 0.29) is 11.3 Å². The molecule has 0 radical (unpaired) electrons. The van der Waals surface area contributed by atoms with Crippen molar-refractivity contribution in [2.24, 2.45) is 0 Å². The minimum Gasteiger partial charge on any atom is -0.477 e. The average Bonchev–Trinajstić information content (AvgIpc) is 2.73. The average molecular weight is 423 g/mol. The Balaban J connectivity index is 1.67. The van der Waals surface area contributed by atoms with Crippen LogP contribution in [0.5, 0.6) is 5.75 Å². The van der Waals surface area contributed by atoms with E-state index in [0.29, 0.717) is 6.07 Å². The number of carboxylic acid groups (broad SMARTS) is 1. The molecule has 1 aliphatic heterocycles. The molecule has 0 aliphatic carbocycles. The minimum absolute atomic E-state index is 0.202. The van der Waals surface area contributed by atoms with Gasteiger partial charge in [0.05, 0.1) is 5.56 Å². The highest BCUT2D eigenvalue weighted by molar-refractivity contribution is 5.96. The van der Waals surface area contributed by atoms with Gasteiger partial charge >= 0.3 is 12.1 Å². The first-order chi connectivity index (χ1) is 14.2. The molecule has 1 heterocycles. The normalized spacial score (nSPS) is 15.4. The second-order valence-corrected chi connectivity index (χ2v) is 6.62. The van der Waals surface area contributed by atoms with Crippen molar-refractivity contribution in [2.45, 2.75) is 12.4 Å². The van der Waals surface area contributed by atoms with Crippen LogP contribution in [-0.2, 0) is 11.0 Å². The maximum absolute atomic E-state index is 12.8. The molecule has 1 amide bonds. The third kappa shape index (κ3) is 5.41. The van der Waals surface area contributed by atoms with Gasteiger partial charge in [-0.3, -0.25) is 4.79 Å². The Morgan fingerprint density at radius 1 is 1.10 bits per heavy atom. The van der Waals surface area contributed by atoms with Crippen LogP contribution in [-0.4, -0.2) is 49.4 Å². The molecule has 7 nitrogen and oxygen atoms in total. The van der Waals surface area contributed by atoms with Crippen LogP contribution >= 0.6 is 0 Å². The van der Waals surface area contributed by atoms with Crippen LogP contribution in [0.4, 0.5) is 18.9 Å². The molecule has 1 aliphatic rings. The van der Waals surface area contributed by atoms with E-state index in [0.717, 1.165) is 44.0 Å². The van der Waals surface area contributed by atoms with Gasteiger partial charge in [-0.25, -0.2) is 4.79 Å². The largest absolute Gasteiger partial charge is 0.477 e. The van der Waals surface area contributed by atoms with E-state index in [9.17, 15) is 27.9 Å². The van der Waals surface area contributed by atoms with Crippen LogP contribution < -0.4 is 20.3 Å². The molecule has 1 saturated heterocycles. The number of alkyl halides is 3. The number of carboxylic acids is 1. The summed E-state index contributed by atoms with van der Waals surface area (Å²) in [5.74, 6) is -2.59. The molecular weight excluding hydrogens is 403 g/mol. The van der Waals surface area contributed by atoms with E-state index in [1.54, 1.807) is 24.3 Å². The highest BCUT2D eigenvalue weighted by Gasteiger charge is 2.31. The van der Waals surface area contributed by atoms with E-state index in [2.05, 4.69) is 15.5 Å². The van der Waals surface area contributed by atoms with Crippen molar-refractivity contribution < 1.29 is 32.6 Å². The molecule has 1 atom stereocenters. The van der Waals surface area contributed by atoms with E-state index in [1.165, 1.54) is 6.07 Å². The minimum atomic E-state index is -4.60. The van der Waals surface area contributed by atoms with Gasteiger partial charge in [0.1, 0.15) is 5.75 Å². The Morgan fingerprint density at radius 2 is 1.77 bits per heavy atom. The lowest BCUT2D eigenvalue weighted by molar-refractivity contribution is -0.146. The molecule has 0 saturated carbocycles. The molecule has 2 aromatic carbocycles. The van der Waals surface area contributed by atoms with Crippen LogP contribution in [0.25, 0.3) is 0 Å². The SMILES string of the molecule is O=C(NC(Oc1cccc(C(F)(F)F)c1)C(=O)O)c1ccc(N2CCNCC2)cc1. The summed E-state index contributed by atoms with van der Waals surface area (Å²) in [4.78, 5) is 26.0. The van der Waals surface area contributed by atoms with Gasteiger partial charge in [0.15, 0.2) is 0 Å². The lowest BCUT2D eigenvalue weighted by Crippen LogP contribution is -2.45. The Morgan fingerprint density at radius 3 is 2.37 bits per heavy atom. The summed E-state index contributed by atoms with van der Waals surface area (Å²) in [6.45, 7) is 3.37. The second kappa shape index (κ2) is 9.04. The monoisotopic (exact) mass is 423 g/mol. The zero-order valence-electron chi connectivity index (χ0n) is 15.8. The van der Waals surface area contributed by atoms with Crippen molar-refractivity contribution in [1.82, 2.24) is 10.6 Å². The molecule has 0 aromatic heterocycles. The number of hydrogen-bond donors (Lipinski definition) is 3. The number of hydrogen-bond acceptors (Lipinski definition) is 5. The predicted octanol–water partition coefficient (Wildman–Crippen LogP) is 2.33. The summed E-state index contributed by atoms with van der Waals surface area (Å²) in [6.07, 6.45) is -6.46. The predicted molar refractivity (Wildman–Crippen MR) is 102 cm³/mol. The molecule has 160 valence electrons. The zero-order valence-corrected chi connectivity index (χ0v) is 15.8. The van der Waals surface area contributed by atoms with Gasteiger partial charge in [-0.1, -0.05) is 6.07 Å². The molecule has 30 heavy (non-hydrogen) atoms. The fourth-order valence-electron chi connectivity index (χ4n) is 2.97. The first-order valence-corrected chi connectivity index (χ1v) is 9.17. The lowest BCUT2D eigenvalue weighted by Gasteiger charge is -2.29. The number of nitrogens with zero attached hydrogens (tertiary/aromatic N) is 1. The smallest absolute Gasteiger partial charge is 0.416 e. The summed E-state index contributed by atoms with van der Waals surface area (Å²) >= 11 is 0. The number of aliphatic carboxylic acids is 1. The Labute approximate surface area is 170 Å². The number of halogens is 3. The summed E-state index contributed by atoms with van der Waals surface area (Å²) in [5.41, 5.74) is 0.148. The number of nitrogens with one attached hydrogen (secondary N) is 2. The number of anilines is 1. The van der Waals surface area contributed by atoms with Gasteiger partial charge in [0.2, 0.25) is 0 Å². The Kier molecular flexibility index (Phi) is 6.46. The zero-order chi connectivity index (χ0) is 21.7. The third-order valence-electron chi connectivity index (χ3n) is 4.51. The molecular formula is C20H20F3N3O4. The van der Waals surface area contributed by atoms with Gasteiger partial charge < -0.3 is 25.4 Å². The van der Waals surface area contributed by atoms with Crippen LogP contribution in [0.2, 0.25) is 0 Å². The van der Waals surface area contributed by atoms with Crippen molar-refractivity contribution in [3.63, 3.8) is 0 Å². The van der Waals surface area contributed by atoms with Crippen molar-refractivity contribution in [3.8, 4) is 5.75 Å². The summed E-state index contributed by atoms with van der Waals surface area (Å²) in [6, 6.07) is 10.4. The quantitative estimate of drug-likeness (QED) is 0.618. The molecule has 3 N–H and O–H groups in total. The highest BCUT2D eigenvalue weighted by atomic mass is 19.4. The van der Waals surface area contributed by atoms with Crippen LogP contribution in [0.3, 0.4) is 0 Å². The van der Waals surface area contributed by atoms with Gasteiger partial charge in [-0.05, 0) is 42.5 Å². The van der Waals surface area contributed by atoms with Gasteiger partial charge in [-0.15, -0.1) is 0 Å². The number of carbonyl (C=O) groups excluding carboxylic acids is 1. The molecule has 10 heteroatoms. The number of piperazine rings is 1. The fourth-order valence-corrected chi connectivity index (χ4v) is 2.97. The van der Waals surface area contributed by atoms with E-state index in [4.69, 9.17) is 4.74 Å². The maximum atomic E-state index is 12.8.